The lowest BCUT2D eigenvalue weighted by Crippen LogP contribution is -2.22. The van der Waals surface area contributed by atoms with Gasteiger partial charge in [-0.25, -0.2) is 10.8 Å². The van der Waals surface area contributed by atoms with Crippen LogP contribution in [0.3, 0.4) is 0 Å². The molecule has 88 valence electrons. The zero-order valence-corrected chi connectivity index (χ0v) is 9.42. The standard InChI is InChI=1S/C11H13N5O/c1-8-3-2-4-11(17)16(8)7-9-5-14-10(15-12)6-13-9/h2-6H,7,12H2,1H3,(H,14,15). The van der Waals surface area contributed by atoms with E-state index in [1.165, 1.54) is 12.3 Å². The maximum Gasteiger partial charge on any atom is 0.251 e. The van der Waals surface area contributed by atoms with Gasteiger partial charge < -0.3 is 9.99 Å². The molecule has 2 aromatic heterocycles. The Bertz CT molecular complexity index is 561. The first-order chi connectivity index (χ1) is 8.20. The third kappa shape index (κ3) is 2.48. The predicted octanol–water partition coefficient (Wildman–Crippen LogP) is 0.281. The maximum atomic E-state index is 11.6. The largest absolute Gasteiger partial charge is 0.307 e. The quantitative estimate of drug-likeness (QED) is 0.585. The molecule has 0 aliphatic rings. The van der Waals surface area contributed by atoms with Crippen molar-refractivity contribution in [2.75, 3.05) is 5.43 Å². The second kappa shape index (κ2) is 4.75. The van der Waals surface area contributed by atoms with Gasteiger partial charge in [0, 0.05) is 11.8 Å². The molecule has 2 aromatic rings. The van der Waals surface area contributed by atoms with E-state index in [1.54, 1.807) is 16.8 Å². The van der Waals surface area contributed by atoms with Crippen molar-refractivity contribution < 1.29 is 0 Å². The van der Waals surface area contributed by atoms with Gasteiger partial charge in [-0.15, -0.1) is 0 Å². The minimum atomic E-state index is -0.0483. The Hall–Kier alpha value is -2.21. The van der Waals surface area contributed by atoms with Gasteiger partial charge in [-0.3, -0.25) is 9.78 Å². The van der Waals surface area contributed by atoms with Crippen LogP contribution in [0.1, 0.15) is 11.4 Å². The van der Waals surface area contributed by atoms with Crippen LogP contribution in [-0.2, 0) is 6.54 Å². The molecule has 0 unspecified atom stereocenters. The monoisotopic (exact) mass is 231 g/mol. The second-order valence-electron chi connectivity index (χ2n) is 3.63. The first-order valence-corrected chi connectivity index (χ1v) is 5.14. The number of nitrogen functional groups attached to an aromatic ring is 1. The number of anilines is 1. The fraction of sp³-hybridized carbons (Fsp3) is 0.182. The van der Waals surface area contributed by atoms with Gasteiger partial charge in [0.2, 0.25) is 0 Å². The molecule has 0 spiro atoms. The third-order valence-electron chi connectivity index (χ3n) is 2.44. The summed E-state index contributed by atoms with van der Waals surface area (Å²) in [6.07, 6.45) is 3.12. The van der Waals surface area contributed by atoms with Gasteiger partial charge in [0.05, 0.1) is 24.6 Å². The Morgan fingerprint density at radius 3 is 2.76 bits per heavy atom. The van der Waals surface area contributed by atoms with Crippen molar-refractivity contribution in [3.8, 4) is 0 Å². The Kier molecular flexibility index (Phi) is 3.15. The van der Waals surface area contributed by atoms with Gasteiger partial charge in [0.15, 0.2) is 5.82 Å². The summed E-state index contributed by atoms with van der Waals surface area (Å²) >= 11 is 0. The molecule has 0 aliphatic carbocycles. The average Bonchev–Trinajstić information content (AvgIpc) is 2.35. The van der Waals surface area contributed by atoms with Crippen molar-refractivity contribution in [1.82, 2.24) is 14.5 Å². The lowest BCUT2D eigenvalue weighted by molar-refractivity contribution is 0.709. The zero-order valence-electron chi connectivity index (χ0n) is 9.42. The number of nitrogens with two attached hydrogens (primary N) is 1. The Balaban J connectivity index is 2.28. The van der Waals surface area contributed by atoms with Crippen LogP contribution in [0.4, 0.5) is 5.82 Å². The number of hydrogen-bond donors (Lipinski definition) is 2. The Morgan fingerprint density at radius 2 is 2.18 bits per heavy atom. The molecule has 17 heavy (non-hydrogen) atoms. The normalized spacial score (nSPS) is 10.2. The van der Waals surface area contributed by atoms with Crippen LogP contribution in [0.2, 0.25) is 0 Å². The van der Waals surface area contributed by atoms with E-state index in [1.807, 2.05) is 13.0 Å². The van der Waals surface area contributed by atoms with Crippen LogP contribution >= 0.6 is 0 Å². The number of nitrogens with zero attached hydrogens (tertiary/aromatic N) is 3. The third-order valence-corrected chi connectivity index (χ3v) is 2.44. The Morgan fingerprint density at radius 1 is 1.35 bits per heavy atom. The van der Waals surface area contributed by atoms with Crippen molar-refractivity contribution in [1.29, 1.82) is 0 Å². The summed E-state index contributed by atoms with van der Waals surface area (Å²) in [5.41, 5.74) is 3.95. The molecule has 2 heterocycles. The van der Waals surface area contributed by atoms with E-state index in [9.17, 15) is 4.79 Å². The molecule has 3 N–H and O–H groups in total. The van der Waals surface area contributed by atoms with Crippen molar-refractivity contribution >= 4 is 5.82 Å². The van der Waals surface area contributed by atoms with Crippen molar-refractivity contribution in [2.24, 2.45) is 5.84 Å². The SMILES string of the molecule is Cc1cccc(=O)n1Cc1cnc(NN)cn1. The number of aromatic nitrogens is 3. The van der Waals surface area contributed by atoms with Gasteiger partial charge in [-0.1, -0.05) is 6.07 Å². The van der Waals surface area contributed by atoms with Crippen LogP contribution in [0.5, 0.6) is 0 Å². The van der Waals surface area contributed by atoms with Crippen LogP contribution in [0, 0.1) is 6.92 Å². The molecule has 6 nitrogen and oxygen atoms in total. The Labute approximate surface area is 98.1 Å². The molecule has 0 saturated heterocycles. The topological polar surface area (TPSA) is 85.8 Å². The molecular weight excluding hydrogens is 218 g/mol. The van der Waals surface area contributed by atoms with E-state index < -0.39 is 0 Å². The molecular formula is C11H13N5O. The van der Waals surface area contributed by atoms with Gasteiger partial charge in [0.1, 0.15) is 0 Å². The number of hydrazine groups is 1. The highest BCUT2D eigenvalue weighted by Crippen LogP contribution is 2.02. The smallest absolute Gasteiger partial charge is 0.251 e. The summed E-state index contributed by atoms with van der Waals surface area (Å²) in [4.78, 5) is 19.9. The highest BCUT2D eigenvalue weighted by molar-refractivity contribution is 5.28. The summed E-state index contributed by atoms with van der Waals surface area (Å²) in [6, 6.07) is 5.14. The van der Waals surface area contributed by atoms with Gasteiger partial charge in [-0.05, 0) is 13.0 Å². The molecule has 2 rings (SSSR count). The number of aryl methyl sites for hydroxylation is 1. The number of pyridine rings is 1. The fourth-order valence-corrected chi connectivity index (χ4v) is 1.50. The van der Waals surface area contributed by atoms with E-state index in [0.29, 0.717) is 18.1 Å². The molecule has 6 heteroatoms. The molecule has 0 atom stereocenters. The van der Waals surface area contributed by atoms with E-state index >= 15 is 0 Å². The first-order valence-electron chi connectivity index (χ1n) is 5.14. The molecule has 0 amide bonds. The first kappa shape index (κ1) is 11.3. The van der Waals surface area contributed by atoms with Crippen LogP contribution in [-0.4, -0.2) is 14.5 Å². The van der Waals surface area contributed by atoms with Crippen molar-refractivity contribution in [3.63, 3.8) is 0 Å². The lowest BCUT2D eigenvalue weighted by Gasteiger charge is -2.08. The highest BCUT2D eigenvalue weighted by atomic mass is 16.1. The van der Waals surface area contributed by atoms with Gasteiger partial charge in [0.25, 0.3) is 5.56 Å². The van der Waals surface area contributed by atoms with E-state index in [4.69, 9.17) is 5.84 Å². The average molecular weight is 231 g/mol. The number of nitrogens with one attached hydrogen (secondary N) is 1. The molecule has 0 bridgehead atoms. The lowest BCUT2D eigenvalue weighted by atomic mass is 10.3. The molecule has 0 radical (unpaired) electrons. The van der Waals surface area contributed by atoms with E-state index in [2.05, 4.69) is 15.4 Å². The minimum Gasteiger partial charge on any atom is -0.307 e. The molecule has 0 fully saturated rings. The summed E-state index contributed by atoms with van der Waals surface area (Å²) in [6.45, 7) is 2.29. The predicted molar refractivity (Wildman–Crippen MR) is 64.4 cm³/mol. The summed E-state index contributed by atoms with van der Waals surface area (Å²) in [5, 5.41) is 0. The number of hydrogen-bond acceptors (Lipinski definition) is 5. The van der Waals surface area contributed by atoms with Gasteiger partial charge >= 0.3 is 0 Å². The van der Waals surface area contributed by atoms with Crippen LogP contribution in [0.15, 0.2) is 35.4 Å². The molecule has 0 saturated carbocycles. The second-order valence-corrected chi connectivity index (χ2v) is 3.63. The number of rotatable bonds is 3. The fourth-order valence-electron chi connectivity index (χ4n) is 1.50. The molecule has 0 aliphatic heterocycles. The van der Waals surface area contributed by atoms with Crippen molar-refractivity contribution in [3.05, 3.63) is 52.3 Å². The maximum absolute atomic E-state index is 11.6. The summed E-state index contributed by atoms with van der Waals surface area (Å²) < 4.78 is 1.64. The van der Waals surface area contributed by atoms with Crippen molar-refractivity contribution in [2.45, 2.75) is 13.5 Å². The van der Waals surface area contributed by atoms with Crippen LogP contribution < -0.4 is 16.8 Å². The van der Waals surface area contributed by atoms with E-state index in [0.717, 1.165) is 5.69 Å². The van der Waals surface area contributed by atoms with E-state index in [-0.39, 0.29) is 5.56 Å². The summed E-state index contributed by atoms with van der Waals surface area (Å²) in [7, 11) is 0. The summed E-state index contributed by atoms with van der Waals surface area (Å²) in [5.74, 6) is 5.68. The zero-order chi connectivity index (χ0) is 12.3. The highest BCUT2D eigenvalue weighted by Gasteiger charge is 2.02. The molecule has 0 aromatic carbocycles. The van der Waals surface area contributed by atoms with Gasteiger partial charge in [-0.2, -0.15) is 0 Å². The van der Waals surface area contributed by atoms with Crippen LogP contribution in [0.25, 0.3) is 0 Å². The minimum absolute atomic E-state index is 0.0483.